The molecule has 24 heavy (non-hydrogen) atoms. The van der Waals surface area contributed by atoms with Gasteiger partial charge in [-0.3, -0.25) is 0 Å². The summed E-state index contributed by atoms with van der Waals surface area (Å²) in [6.07, 6.45) is 5.42. The first-order valence-corrected chi connectivity index (χ1v) is 9.38. The molecule has 0 fully saturated rings. The molecule has 1 aliphatic carbocycles. The van der Waals surface area contributed by atoms with Gasteiger partial charge in [-0.2, -0.15) is 0 Å². The molecule has 4 rings (SSSR count). The maximum Gasteiger partial charge on any atom is 0.143 e. The third-order valence-corrected chi connectivity index (χ3v) is 5.83. The maximum absolute atomic E-state index is 13.4. The molecule has 2 aromatic heterocycles. The summed E-state index contributed by atoms with van der Waals surface area (Å²) in [7, 11) is 0. The minimum Gasteiger partial charge on any atom is -0.340 e. The number of aryl methyl sites for hydroxylation is 3. The average molecular weight is 362 g/mol. The second kappa shape index (κ2) is 6.30. The van der Waals surface area contributed by atoms with Gasteiger partial charge >= 0.3 is 0 Å². The van der Waals surface area contributed by atoms with E-state index >= 15 is 0 Å². The molecule has 0 atom stereocenters. The van der Waals surface area contributed by atoms with E-state index in [0.717, 1.165) is 46.8 Å². The molecule has 0 radical (unpaired) electrons. The molecule has 2 heterocycles. The Morgan fingerprint density at radius 2 is 2.08 bits per heavy atom. The monoisotopic (exact) mass is 361 g/mol. The van der Waals surface area contributed by atoms with Crippen LogP contribution in [0.2, 0.25) is 5.02 Å². The van der Waals surface area contributed by atoms with Crippen molar-refractivity contribution in [2.45, 2.75) is 39.0 Å². The molecule has 1 aliphatic rings. The van der Waals surface area contributed by atoms with Gasteiger partial charge in [-0.25, -0.2) is 14.4 Å². The minimum absolute atomic E-state index is 0.105. The Bertz CT molecular complexity index is 922. The SMILES string of the molecule is CCc1nc(Nc2ccc(F)c(Cl)c2)c2c3c(sc2n1)CCCC3. The fraction of sp³-hybridized carbons (Fsp3) is 0.333. The van der Waals surface area contributed by atoms with Crippen molar-refractivity contribution in [3.63, 3.8) is 0 Å². The Hall–Kier alpha value is -1.72. The molecular weight excluding hydrogens is 345 g/mol. The molecule has 1 N–H and O–H groups in total. The Kier molecular flexibility index (Phi) is 4.14. The molecule has 0 saturated carbocycles. The Balaban J connectivity index is 1.85. The summed E-state index contributed by atoms with van der Waals surface area (Å²) in [5, 5.41) is 4.55. The number of halogens is 2. The summed E-state index contributed by atoms with van der Waals surface area (Å²) in [4.78, 5) is 11.9. The van der Waals surface area contributed by atoms with Crippen LogP contribution in [0.15, 0.2) is 18.2 Å². The van der Waals surface area contributed by atoms with E-state index in [-0.39, 0.29) is 5.02 Å². The lowest BCUT2D eigenvalue weighted by Gasteiger charge is -2.13. The molecule has 0 amide bonds. The van der Waals surface area contributed by atoms with E-state index in [9.17, 15) is 4.39 Å². The van der Waals surface area contributed by atoms with Gasteiger partial charge in [0.25, 0.3) is 0 Å². The molecule has 124 valence electrons. The number of nitrogens with one attached hydrogen (secondary N) is 1. The molecule has 3 nitrogen and oxygen atoms in total. The second-order valence-corrected chi connectivity index (χ2v) is 7.48. The predicted molar refractivity (Wildman–Crippen MR) is 98.1 cm³/mol. The van der Waals surface area contributed by atoms with Crippen molar-refractivity contribution in [3.8, 4) is 0 Å². The largest absolute Gasteiger partial charge is 0.340 e. The van der Waals surface area contributed by atoms with E-state index in [1.54, 1.807) is 23.5 Å². The highest BCUT2D eigenvalue weighted by atomic mass is 35.5. The molecule has 0 bridgehead atoms. The first-order chi connectivity index (χ1) is 11.7. The Labute approximate surface area is 148 Å². The summed E-state index contributed by atoms with van der Waals surface area (Å²) >= 11 is 7.69. The van der Waals surface area contributed by atoms with Gasteiger partial charge in [0.2, 0.25) is 0 Å². The van der Waals surface area contributed by atoms with Crippen molar-refractivity contribution >= 4 is 44.7 Å². The van der Waals surface area contributed by atoms with Crippen molar-refractivity contribution in [2.75, 3.05) is 5.32 Å². The lowest BCUT2D eigenvalue weighted by Crippen LogP contribution is -2.03. The van der Waals surface area contributed by atoms with E-state index < -0.39 is 5.82 Å². The highest BCUT2D eigenvalue weighted by molar-refractivity contribution is 7.19. The van der Waals surface area contributed by atoms with Crippen molar-refractivity contribution in [1.82, 2.24) is 9.97 Å². The van der Waals surface area contributed by atoms with Crippen molar-refractivity contribution in [2.24, 2.45) is 0 Å². The van der Waals surface area contributed by atoms with Gasteiger partial charge in [-0.05, 0) is 49.4 Å². The number of hydrogen-bond donors (Lipinski definition) is 1. The summed E-state index contributed by atoms with van der Waals surface area (Å²) in [6.45, 7) is 2.05. The Morgan fingerprint density at radius 1 is 1.25 bits per heavy atom. The van der Waals surface area contributed by atoms with Crippen LogP contribution in [0.4, 0.5) is 15.9 Å². The van der Waals surface area contributed by atoms with Crippen LogP contribution in [0.3, 0.4) is 0 Å². The average Bonchev–Trinajstić information content (AvgIpc) is 2.96. The number of hydrogen-bond acceptors (Lipinski definition) is 4. The number of fused-ring (bicyclic) bond motifs is 3. The van der Waals surface area contributed by atoms with Crippen molar-refractivity contribution < 1.29 is 4.39 Å². The van der Waals surface area contributed by atoms with Crippen LogP contribution in [-0.2, 0) is 19.3 Å². The third-order valence-electron chi connectivity index (χ3n) is 4.36. The van der Waals surface area contributed by atoms with E-state index in [4.69, 9.17) is 21.6 Å². The number of rotatable bonds is 3. The zero-order chi connectivity index (χ0) is 16.7. The van der Waals surface area contributed by atoms with Crippen LogP contribution in [0.1, 0.15) is 36.0 Å². The molecule has 0 spiro atoms. The lowest BCUT2D eigenvalue weighted by atomic mass is 9.97. The number of anilines is 2. The number of thiophene rings is 1. The zero-order valence-electron chi connectivity index (χ0n) is 13.3. The van der Waals surface area contributed by atoms with Crippen LogP contribution in [-0.4, -0.2) is 9.97 Å². The Morgan fingerprint density at radius 3 is 2.88 bits per heavy atom. The number of aromatic nitrogens is 2. The smallest absolute Gasteiger partial charge is 0.143 e. The number of nitrogens with zero attached hydrogens (tertiary/aromatic N) is 2. The summed E-state index contributed by atoms with van der Waals surface area (Å²) < 4.78 is 13.4. The van der Waals surface area contributed by atoms with Gasteiger partial charge in [0.05, 0.1) is 10.4 Å². The molecular formula is C18H17ClFN3S. The van der Waals surface area contributed by atoms with Gasteiger partial charge in [0, 0.05) is 17.0 Å². The fourth-order valence-corrected chi connectivity index (χ4v) is 4.62. The van der Waals surface area contributed by atoms with Crippen LogP contribution in [0, 0.1) is 5.82 Å². The van der Waals surface area contributed by atoms with E-state index in [0.29, 0.717) is 0 Å². The molecule has 0 saturated heterocycles. The van der Waals surface area contributed by atoms with Crippen LogP contribution < -0.4 is 5.32 Å². The fourth-order valence-electron chi connectivity index (χ4n) is 3.16. The highest BCUT2D eigenvalue weighted by Gasteiger charge is 2.21. The number of benzene rings is 1. The normalized spacial score (nSPS) is 14.0. The third kappa shape index (κ3) is 2.76. The predicted octanol–water partition coefficient (Wildman–Crippen LogP) is 5.67. The van der Waals surface area contributed by atoms with Gasteiger partial charge in [0.15, 0.2) is 0 Å². The topological polar surface area (TPSA) is 37.8 Å². The molecule has 0 aliphatic heterocycles. The zero-order valence-corrected chi connectivity index (χ0v) is 14.9. The second-order valence-electron chi connectivity index (χ2n) is 5.99. The van der Waals surface area contributed by atoms with Gasteiger partial charge < -0.3 is 5.32 Å². The quantitative estimate of drug-likeness (QED) is 0.653. The van der Waals surface area contributed by atoms with Crippen molar-refractivity contribution in [1.29, 1.82) is 0 Å². The standard InChI is InChI=1S/C18H17ClFN3S/c1-2-15-22-17(21-10-7-8-13(20)12(19)9-10)16-11-5-3-4-6-14(11)24-18(16)23-15/h7-9H,2-6H2,1H3,(H,21,22,23). The highest BCUT2D eigenvalue weighted by Crippen LogP contribution is 2.39. The van der Waals surface area contributed by atoms with Gasteiger partial charge in [-0.1, -0.05) is 18.5 Å². The summed E-state index contributed by atoms with van der Waals surface area (Å²) in [6, 6.07) is 4.64. The van der Waals surface area contributed by atoms with Crippen LogP contribution in [0.25, 0.3) is 10.2 Å². The summed E-state index contributed by atoms with van der Waals surface area (Å²) in [5.74, 6) is 1.20. The van der Waals surface area contributed by atoms with Crippen molar-refractivity contribution in [3.05, 3.63) is 45.3 Å². The minimum atomic E-state index is -0.419. The first kappa shape index (κ1) is 15.8. The maximum atomic E-state index is 13.4. The van der Waals surface area contributed by atoms with E-state index in [1.165, 1.54) is 29.3 Å². The van der Waals surface area contributed by atoms with E-state index in [1.807, 2.05) is 6.92 Å². The van der Waals surface area contributed by atoms with E-state index in [2.05, 4.69) is 5.32 Å². The summed E-state index contributed by atoms with van der Waals surface area (Å²) in [5.41, 5.74) is 2.11. The molecule has 6 heteroatoms. The first-order valence-electron chi connectivity index (χ1n) is 8.19. The van der Waals surface area contributed by atoms with Gasteiger partial charge in [0.1, 0.15) is 22.3 Å². The van der Waals surface area contributed by atoms with Crippen LogP contribution >= 0.6 is 22.9 Å². The molecule has 1 aromatic carbocycles. The molecule has 0 unspecified atom stereocenters. The van der Waals surface area contributed by atoms with Gasteiger partial charge in [-0.15, -0.1) is 11.3 Å². The molecule has 3 aromatic rings. The van der Waals surface area contributed by atoms with Crippen LogP contribution in [0.5, 0.6) is 0 Å². The lowest BCUT2D eigenvalue weighted by molar-refractivity contribution is 0.628.